The highest BCUT2D eigenvalue weighted by atomic mass is 19.3. The number of aliphatic hydroxyl groups excluding tert-OH is 2. The van der Waals surface area contributed by atoms with Crippen molar-refractivity contribution in [1.29, 1.82) is 0 Å². The molecule has 1 aromatic heterocycles. The van der Waals surface area contributed by atoms with Crippen LogP contribution >= 0.6 is 0 Å². The molecule has 182 valence electrons. The van der Waals surface area contributed by atoms with Crippen molar-refractivity contribution in [3.05, 3.63) is 65.2 Å². The molecule has 0 bridgehead atoms. The van der Waals surface area contributed by atoms with E-state index < -0.39 is 30.3 Å². The lowest BCUT2D eigenvalue weighted by Crippen LogP contribution is -2.39. The molecular formula is C25H22F2N2O6. The lowest BCUT2D eigenvalue weighted by Gasteiger charge is -2.22. The Labute approximate surface area is 199 Å². The fourth-order valence-corrected chi connectivity index (χ4v) is 4.16. The lowest BCUT2D eigenvalue weighted by atomic mass is 9.83. The molecule has 5 rings (SSSR count). The quantitative estimate of drug-likeness (QED) is 0.507. The normalized spacial score (nSPS) is 20.2. The number of hydrogen-bond donors (Lipinski definition) is 3. The third-order valence-electron chi connectivity index (χ3n) is 6.17. The molecule has 0 spiro atoms. The summed E-state index contributed by atoms with van der Waals surface area (Å²) in [7, 11) is 0. The fraction of sp³-hybridized carbons (Fsp3) is 0.280. The maximum atomic E-state index is 13.5. The highest BCUT2D eigenvalue weighted by molar-refractivity contribution is 6.00. The Morgan fingerprint density at radius 1 is 1.14 bits per heavy atom. The average Bonchev–Trinajstić information content (AvgIpc) is 3.32. The largest absolute Gasteiger partial charge is 0.586 e. The summed E-state index contributed by atoms with van der Waals surface area (Å²) in [4.78, 5) is 17.9. The Kier molecular flexibility index (Phi) is 5.37. The number of anilines is 1. The molecule has 3 aromatic rings. The van der Waals surface area contributed by atoms with Crippen LogP contribution in [0.25, 0.3) is 11.3 Å². The number of hydrogen-bond acceptors (Lipinski definition) is 7. The van der Waals surface area contributed by atoms with Gasteiger partial charge in [-0.05, 0) is 43.2 Å². The van der Waals surface area contributed by atoms with Crippen molar-refractivity contribution in [1.82, 2.24) is 4.98 Å². The number of aryl methyl sites for hydroxylation is 1. The number of nitrogens with one attached hydrogen (secondary N) is 1. The van der Waals surface area contributed by atoms with E-state index in [-0.39, 0.29) is 29.7 Å². The Bertz CT molecular complexity index is 1330. The minimum atomic E-state index is -3.77. The number of rotatable bonds is 5. The maximum absolute atomic E-state index is 13.5. The second-order valence-corrected chi connectivity index (χ2v) is 8.72. The minimum absolute atomic E-state index is 0.00668. The van der Waals surface area contributed by atoms with E-state index in [0.717, 1.165) is 5.56 Å². The monoisotopic (exact) mass is 484 g/mol. The standard InChI is InChI=1S/C25H22F2N2O6/c1-13-6-7-21(28-22(13)15-5-3-4-14(8-15)17(31)11-30)29-23(32)24(2)12-33-18-10-20-19(9-16(18)24)34-25(26,27)35-20/h3-10,17,30-31H,11-12H2,1-2H3,(H,28,29,32)/t17?,24-/m0/s1. The van der Waals surface area contributed by atoms with Crippen LogP contribution in [0.1, 0.15) is 29.7 Å². The molecule has 3 N–H and O–H groups in total. The van der Waals surface area contributed by atoms with Gasteiger partial charge in [-0.3, -0.25) is 4.79 Å². The van der Waals surface area contributed by atoms with Crippen LogP contribution in [0.4, 0.5) is 14.6 Å². The summed E-state index contributed by atoms with van der Waals surface area (Å²) in [6.45, 7) is 3.09. The molecule has 0 radical (unpaired) electrons. The molecular weight excluding hydrogens is 462 g/mol. The number of ether oxygens (including phenoxy) is 3. The zero-order valence-corrected chi connectivity index (χ0v) is 18.8. The molecule has 10 heteroatoms. The number of nitrogens with zero attached hydrogens (tertiary/aromatic N) is 1. The van der Waals surface area contributed by atoms with Gasteiger partial charge in [0, 0.05) is 17.2 Å². The minimum Gasteiger partial charge on any atom is -0.492 e. The predicted molar refractivity (Wildman–Crippen MR) is 121 cm³/mol. The van der Waals surface area contributed by atoms with Crippen molar-refractivity contribution >= 4 is 11.7 Å². The first kappa shape index (κ1) is 23.0. The summed E-state index contributed by atoms with van der Waals surface area (Å²) in [5.74, 6) is -0.213. The summed E-state index contributed by atoms with van der Waals surface area (Å²) in [6.07, 6.45) is -4.79. The Hall–Kier alpha value is -3.76. The van der Waals surface area contributed by atoms with Crippen molar-refractivity contribution < 1.29 is 38.0 Å². The van der Waals surface area contributed by atoms with Gasteiger partial charge in [-0.1, -0.05) is 24.3 Å². The highest BCUT2D eigenvalue weighted by Crippen LogP contribution is 2.50. The van der Waals surface area contributed by atoms with Crippen LogP contribution in [-0.2, 0) is 10.2 Å². The molecule has 0 saturated heterocycles. The number of pyridine rings is 1. The number of halogens is 2. The van der Waals surface area contributed by atoms with Crippen LogP contribution in [0.3, 0.4) is 0 Å². The fourth-order valence-electron chi connectivity index (χ4n) is 4.16. The van der Waals surface area contributed by atoms with Gasteiger partial charge in [0.05, 0.1) is 12.3 Å². The molecule has 0 aliphatic carbocycles. The summed E-state index contributed by atoms with van der Waals surface area (Å²) in [5.41, 5.74) is 1.88. The Balaban J connectivity index is 1.42. The Morgan fingerprint density at radius 2 is 1.89 bits per heavy atom. The molecule has 0 saturated carbocycles. The highest BCUT2D eigenvalue weighted by Gasteiger charge is 2.49. The number of aliphatic hydroxyl groups is 2. The van der Waals surface area contributed by atoms with E-state index in [9.17, 15) is 23.8 Å². The number of carbonyl (C=O) groups is 1. The van der Waals surface area contributed by atoms with Crippen molar-refractivity contribution in [3.8, 4) is 28.5 Å². The summed E-state index contributed by atoms with van der Waals surface area (Å²) in [5, 5.41) is 22.0. The molecule has 8 nitrogen and oxygen atoms in total. The third kappa shape index (κ3) is 4.04. The molecule has 35 heavy (non-hydrogen) atoms. The summed E-state index contributed by atoms with van der Waals surface area (Å²) >= 11 is 0. The number of amides is 1. The zero-order chi connectivity index (χ0) is 25.0. The second-order valence-electron chi connectivity index (χ2n) is 8.72. The summed E-state index contributed by atoms with van der Waals surface area (Å²) < 4.78 is 41.5. The first-order valence-corrected chi connectivity index (χ1v) is 10.9. The number of benzene rings is 2. The van der Waals surface area contributed by atoms with Crippen LogP contribution in [-0.4, -0.2) is 40.6 Å². The van der Waals surface area contributed by atoms with Crippen LogP contribution in [0, 0.1) is 6.92 Å². The van der Waals surface area contributed by atoms with Crippen molar-refractivity contribution in [3.63, 3.8) is 0 Å². The first-order valence-electron chi connectivity index (χ1n) is 10.9. The molecule has 2 aromatic carbocycles. The average molecular weight is 484 g/mol. The number of alkyl halides is 2. The van der Waals surface area contributed by atoms with Gasteiger partial charge in [0.1, 0.15) is 29.7 Å². The van der Waals surface area contributed by atoms with E-state index in [1.165, 1.54) is 12.1 Å². The third-order valence-corrected chi connectivity index (χ3v) is 6.17. The van der Waals surface area contributed by atoms with Gasteiger partial charge in [0.2, 0.25) is 5.91 Å². The predicted octanol–water partition coefficient (Wildman–Crippen LogP) is 3.69. The van der Waals surface area contributed by atoms with Gasteiger partial charge < -0.3 is 29.7 Å². The van der Waals surface area contributed by atoms with Crippen LogP contribution in [0.15, 0.2) is 48.5 Å². The number of fused-ring (bicyclic) bond motifs is 2. The van der Waals surface area contributed by atoms with Gasteiger partial charge in [0.15, 0.2) is 11.5 Å². The molecule has 2 aliphatic rings. The molecule has 1 unspecified atom stereocenters. The Morgan fingerprint density at radius 3 is 2.63 bits per heavy atom. The van der Waals surface area contributed by atoms with Crippen LogP contribution in [0.2, 0.25) is 0 Å². The van der Waals surface area contributed by atoms with E-state index in [1.54, 1.807) is 37.3 Å². The van der Waals surface area contributed by atoms with E-state index >= 15 is 0 Å². The topological polar surface area (TPSA) is 110 Å². The van der Waals surface area contributed by atoms with E-state index in [4.69, 9.17) is 4.74 Å². The van der Waals surface area contributed by atoms with Gasteiger partial charge in [-0.15, -0.1) is 8.78 Å². The molecule has 2 aliphatic heterocycles. The maximum Gasteiger partial charge on any atom is 0.586 e. The number of carbonyl (C=O) groups excluding carboxylic acids is 1. The van der Waals surface area contributed by atoms with Crippen molar-refractivity contribution in [2.75, 3.05) is 18.5 Å². The van der Waals surface area contributed by atoms with Crippen LogP contribution in [0.5, 0.6) is 17.2 Å². The van der Waals surface area contributed by atoms with Gasteiger partial charge in [-0.25, -0.2) is 4.98 Å². The van der Waals surface area contributed by atoms with E-state index in [0.29, 0.717) is 22.4 Å². The van der Waals surface area contributed by atoms with Crippen molar-refractivity contribution in [2.45, 2.75) is 31.7 Å². The van der Waals surface area contributed by atoms with Gasteiger partial charge >= 0.3 is 6.29 Å². The molecule has 3 heterocycles. The SMILES string of the molecule is Cc1ccc(NC(=O)[C@@]2(C)COc3cc4c(cc32)OC(F)(F)O4)nc1-c1cccc(C(O)CO)c1. The second kappa shape index (κ2) is 8.17. The molecule has 2 atom stereocenters. The van der Waals surface area contributed by atoms with Crippen molar-refractivity contribution in [2.24, 2.45) is 0 Å². The van der Waals surface area contributed by atoms with Gasteiger partial charge in [-0.2, -0.15) is 0 Å². The molecule has 1 amide bonds. The first-order chi connectivity index (χ1) is 16.6. The smallest absolute Gasteiger partial charge is 0.492 e. The van der Waals surface area contributed by atoms with Gasteiger partial charge in [0.25, 0.3) is 0 Å². The zero-order valence-electron chi connectivity index (χ0n) is 18.8. The molecule has 0 fully saturated rings. The summed E-state index contributed by atoms with van der Waals surface area (Å²) in [6, 6.07) is 13.1. The van der Waals surface area contributed by atoms with Crippen LogP contribution < -0.4 is 19.5 Å². The van der Waals surface area contributed by atoms with E-state index in [1.807, 2.05) is 13.0 Å². The number of aromatic nitrogens is 1. The lowest BCUT2D eigenvalue weighted by molar-refractivity contribution is -0.286. The van der Waals surface area contributed by atoms with E-state index in [2.05, 4.69) is 19.8 Å².